The highest BCUT2D eigenvalue weighted by Gasteiger charge is 2.31. The first-order chi connectivity index (χ1) is 7.56. The lowest BCUT2D eigenvalue weighted by atomic mass is 10.1. The van der Waals surface area contributed by atoms with Crippen LogP contribution in [0.1, 0.15) is 5.56 Å². The molecule has 0 radical (unpaired) electrons. The van der Waals surface area contributed by atoms with Crippen molar-refractivity contribution in [3.63, 3.8) is 0 Å². The molecular formula is C10H7Cl2NO2S. The van der Waals surface area contributed by atoms with E-state index in [1.54, 1.807) is 18.2 Å². The van der Waals surface area contributed by atoms with Crippen molar-refractivity contribution in [2.75, 3.05) is 0 Å². The summed E-state index contributed by atoms with van der Waals surface area (Å²) in [7, 11) is 0. The van der Waals surface area contributed by atoms with Gasteiger partial charge in [-0.2, -0.15) is 0 Å². The minimum absolute atomic E-state index is 0.263. The van der Waals surface area contributed by atoms with Gasteiger partial charge in [-0.25, -0.2) is 0 Å². The zero-order valence-electron chi connectivity index (χ0n) is 8.00. The highest BCUT2D eigenvalue weighted by Crippen LogP contribution is 2.27. The molecule has 0 aliphatic carbocycles. The lowest BCUT2D eigenvalue weighted by Crippen LogP contribution is -2.25. The van der Waals surface area contributed by atoms with Crippen LogP contribution in [-0.2, 0) is 11.2 Å². The Morgan fingerprint density at radius 1 is 1.31 bits per heavy atom. The average Bonchev–Trinajstić information content (AvgIpc) is 2.50. The van der Waals surface area contributed by atoms with E-state index in [9.17, 15) is 9.59 Å². The number of rotatable bonds is 2. The Bertz CT molecular complexity index is 464. The van der Waals surface area contributed by atoms with Crippen LogP contribution >= 0.6 is 35.0 Å². The van der Waals surface area contributed by atoms with Crippen molar-refractivity contribution in [3.05, 3.63) is 33.8 Å². The molecule has 1 unspecified atom stereocenters. The number of carbonyl (C=O) groups is 2. The Morgan fingerprint density at radius 3 is 2.62 bits per heavy atom. The van der Waals surface area contributed by atoms with Gasteiger partial charge in [0.25, 0.3) is 5.24 Å². The molecule has 3 nitrogen and oxygen atoms in total. The van der Waals surface area contributed by atoms with E-state index in [1.165, 1.54) is 0 Å². The van der Waals surface area contributed by atoms with Gasteiger partial charge in [-0.05, 0) is 24.1 Å². The van der Waals surface area contributed by atoms with Crippen LogP contribution in [0.25, 0.3) is 0 Å². The summed E-state index contributed by atoms with van der Waals surface area (Å²) in [5.41, 5.74) is 0.813. The maximum absolute atomic E-state index is 11.3. The van der Waals surface area contributed by atoms with E-state index < -0.39 is 5.25 Å². The number of benzene rings is 1. The van der Waals surface area contributed by atoms with Crippen molar-refractivity contribution in [2.24, 2.45) is 0 Å². The molecule has 1 aromatic carbocycles. The minimum atomic E-state index is -0.397. The molecule has 1 heterocycles. The lowest BCUT2D eigenvalue weighted by molar-refractivity contribution is -0.118. The molecule has 1 fully saturated rings. The number of imide groups is 1. The van der Waals surface area contributed by atoms with Crippen LogP contribution in [0.4, 0.5) is 4.79 Å². The van der Waals surface area contributed by atoms with Gasteiger partial charge in [0.1, 0.15) is 0 Å². The second-order valence-electron chi connectivity index (χ2n) is 3.32. The SMILES string of the molecule is O=C1NC(=O)C(Cc2ccc(Cl)cc2Cl)S1. The van der Waals surface area contributed by atoms with Crippen LogP contribution in [0, 0.1) is 0 Å². The summed E-state index contributed by atoms with van der Waals surface area (Å²) in [5, 5.41) is 2.59. The molecule has 0 spiro atoms. The van der Waals surface area contributed by atoms with E-state index in [2.05, 4.69) is 5.32 Å². The van der Waals surface area contributed by atoms with Crippen LogP contribution in [0.5, 0.6) is 0 Å². The number of amides is 2. The third-order valence-corrected chi connectivity index (χ3v) is 3.76. The zero-order chi connectivity index (χ0) is 11.7. The highest BCUT2D eigenvalue weighted by molar-refractivity contribution is 8.15. The fourth-order valence-corrected chi connectivity index (χ4v) is 2.75. The maximum atomic E-state index is 11.3. The number of hydrogen-bond donors (Lipinski definition) is 1. The number of hydrogen-bond acceptors (Lipinski definition) is 3. The Morgan fingerprint density at radius 2 is 2.06 bits per heavy atom. The van der Waals surface area contributed by atoms with Crippen molar-refractivity contribution >= 4 is 46.1 Å². The Kier molecular flexibility index (Phi) is 3.42. The predicted molar refractivity (Wildman–Crippen MR) is 65.1 cm³/mol. The summed E-state index contributed by atoms with van der Waals surface area (Å²) in [5.74, 6) is -0.263. The van der Waals surface area contributed by atoms with E-state index in [0.29, 0.717) is 16.5 Å². The molecule has 2 rings (SSSR count). The van der Waals surface area contributed by atoms with Crippen LogP contribution in [-0.4, -0.2) is 16.4 Å². The van der Waals surface area contributed by atoms with Crippen LogP contribution < -0.4 is 5.32 Å². The van der Waals surface area contributed by atoms with Gasteiger partial charge >= 0.3 is 0 Å². The summed E-state index contributed by atoms with van der Waals surface area (Å²) in [6, 6.07) is 5.10. The summed E-state index contributed by atoms with van der Waals surface area (Å²) < 4.78 is 0. The Balaban J connectivity index is 2.15. The fourth-order valence-electron chi connectivity index (χ4n) is 1.41. The molecule has 1 atom stereocenters. The lowest BCUT2D eigenvalue weighted by Gasteiger charge is -2.07. The summed E-state index contributed by atoms with van der Waals surface area (Å²) in [4.78, 5) is 22.3. The highest BCUT2D eigenvalue weighted by atomic mass is 35.5. The summed E-state index contributed by atoms with van der Waals surface area (Å²) >= 11 is 12.7. The fraction of sp³-hybridized carbons (Fsp3) is 0.200. The van der Waals surface area contributed by atoms with Crippen molar-refractivity contribution in [2.45, 2.75) is 11.7 Å². The average molecular weight is 276 g/mol. The molecule has 6 heteroatoms. The first-order valence-electron chi connectivity index (χ1n) is 4.51. The second-order valence-corrected chi connectivity index (χ2v) is 5.34. The molecule has 1 aliphatic heterocycles. The normalized spacial score (nSPS) is 20.0. The second kappa shape index (κ2) is 4.65. The van der Waals surface area contributed by atoms with Gasteiger partial charge in [-0.15, -0.1) is 0 Å². The van der Waals surface area contributed by atoms with E-state index in [4.69, 9.17) is 23.2 Å². The summed E-state index contributed by atoms with van der Waals surface area (Å²) in [6.45, 7) is 0. The number of carbonyl (C=O) groups excluding carboxylic acids is 2. The van der Waals surface area contributed by atoms with Crippen molar-refractivity contribution in [1.29, 1.82) is 0 Å². The maximum Gasteiger partial charge on any atom is 0.286 e. The summed E-state index contributed by atoms with van der Waals surface area (Å²) in [6.07, 6.45) is 0.429. The molecule has 2 amide bonds. The quantitative estimate of drug-likeness (QED) is 0.903. The van der Waals surface area contributed by atoms with Crippen LogP contribution in [0.2, 0.25) is 10.0 Å². The third-order valence-electron chi connectivity index (χ3n) is 2.19. The van der Waals surface area contributed by atoms with Gasteiger partial charge in [0.05, 0.1) is 5.25 Å². The molecule has 1 N–H and O–H groups in total. The molecule has 0 bridgehead atoms. The largest absolute Gasteiger partial charge is 0.286 e. The standard InChI is InChI=1S/C10H7Cl2NO2S/c11-6-2-1-5(7(12)4-6)3-8-9(14)13-10(15)16-8/h1-2,4,8H,3H2,(H,13,14,15). The molecule has 1 saturated heterocycles. The van der Waals surface area contributed by atoms with Gasteiger partial charge in [-0.1, -0.05) is 41.0 Å². The third kappa shape index (κ3) is 2.51. The van der Waals surface area contributed by atoms with Crippen LogP contribution in [0.3, 0.4) is 0 Å². The molecule has 0 aromatic heterocycles. The van der Waals surface area contributed by atoms with Gasteiger partial charge < -0.3 is 0 Å². The number of thioether (sulfide) groups is 1. The first kappa shape index (κ1) is 11.8. The van der Waals surface area contributed by atoms with Gasteiger partial charge in [-0.3, -0.25) is 14.9 Å². The van der Waals surface area contributed by atoms with Crippen molar-refractivity contribution in [3.8, 4) is 0 Å². The van der Waals surface area contributed by atoms with E-state index in [0.717, 1.165) is 17.3 Å². The van der Waals surface area contributed by atoms with Gasteiger partial charge in [0, 0.05) is 10.0 Å². The molecule has 1 aliphatic rings. The van der Waals surface area contributed by atoms with E-state index >= 15 is 0 Å². The minimum Gasteiger partial charge on any atom is -0.286 e. The van der Waals surface area contributed by atoms with Crippen molar-refractivity contribution < 1.29 is 9.59 Å². The number of halogens is 2. The first-order valence-corrected chi connectivity index (χ1v) is 6.15. The number of nitrogens with one attached hydrogen (secondary N) is 1. The topological polar surface area (TPSA) is 46.2 Å². The Hall–Kier alpha value is -0.710. The Labute approximate surface area is 106 Å². The predicted octanol–water partition coefficient (Wildman–Crippen LogP) is 2.89. The van der Waals surface area contributed by atoms with Gasteiger partial charge in [0.2, 0.25) is 5.91 Å². The zero-order valence-corrected chi connectivity index (χ0v) is 10.3. The smallest absolute Gasteiger partial charge is 0.286 e. The van der Waals surface area contributed by atoms with Crippen molar-refractivity contribution in [1.82, 2.24) is 5.32 Å². The van der Waals surface area contributed by atoms with Gasteiger partial charge in [0.15, 0.2) is 0 Å². The van der Waals surface area contributed by atoms with E-state index in [-0.39, 0.29) is 11.1 Å². The van der Waals surface area contributed by atoms with E-state index in [1.807, 2.05) is 0 Å². The molecule has 16 heavy (non-hydrogen) atoms. The monoisotopic (exact) mass is 275 g/mol. The molecule has 0 saturated carbocycles. The molecule has 1 aromatic rings. The molecular weight excluding hydrogens is 269 g/mol. The van der Waals surface area contributed by atoms with Crippen LogP contribution in [0.15, 0.2) is 18.2 Å². The molecule has 84 valence electrons.